The Hall–Kier alpha value is -1.03. The molecule has 0 radical (unpaired) electrons. The second-order valence-electron chi connectivity index (χ2n) is 2.27. The molecule has 0 aliphatic carbocycles. The first-order valence-corrected chi connectivity index (χ1v) is 3.94. The van der Waals surface area contributed by atoms with Crippen molar-refractivity contribution < 1.29 is 0 Å². The van der Waals surface area contributed by atoms with Crippen molar-refractivity contribution in [2.75, 3.05) is 5.73 Å². The number of hydrogen-bond acceptors (Lipinski definition) is 2. The first kappa shape index (κ1) is 6.67. The fourth-order valence-electron chi connectivity index (χ4n) is 0.994. The van der Waals surface area contributed by atoms with E-state index >= 15 is 0 Å². The second kappa shape index (κ2) is 2.23. The van der Waals surface area contributed by atoms with Gasteiger partial charge in [0.15, 0.2) is 0 Å². The normalized spacial score (nSPS) is 10.6. The highest BCUT2D eigenvalue weighted by Gasteiger charge is 1.98. The highest BCUT2D eigenvalue weighted by atomic mass is 79.9. The maximum Gasteiger partial charge on any atom is 0.149 e. The van der Waals surface area contributed by atoms with Gasteiger partial charge in [0.2, 0.25) is 0 Å². The number of hydrogen-bond donors (Lipinski definition) is 1. The lowest BCUT2D eigenvalue weighted by molar-refractivity contribution is 1.15. The third-order valence-corrected chi connectivity index (χ3v) is 1.99. The largest absolute Gasteiger partial charge is 0.382 e. The summed E-state index contributed by atoms with van der Waals surface area (Å²) in [6.07, 6.45) is 3.61. The van der Waals surface area contributed by atoms with E-state index in [1.54, 1.807) is 6.33 Å². The zero-order valence-corrected chi connectivity index (χ0v) is 7.25. The Labute approximate surface area is 72.0 Å². The topological polar surface area (TPSA) is 43.3 Å². The van der Waals surface area contributed by atoms with Crippen molar-refractivity contribution in [2.45, 2.75) is 0 Å². The van der Waals surface area contributed by atoms with E-state index in [0.717, 1.165) is 9.99 Å². The van der Waals surface area contributed by atoms with Crippen LogP contribution in [0.1, 0.15) is 0 Å². The van der Waals surface area contributed by atoms with Crippen LogP contribution in [0.3, 0.4) is 0 Å². The Morgan fingerprint density at radius 2 is 2.27 bits per heavy atom. The Kier molecular flexibility index (Phi) is 1.35. The van der Waals surface area contributed by atoms with Gasteiger partial charge < -0.3 is 10.1 Å². The molecule has 0 saturated carbocycles. The van der Waals surface area contributed by atoms with Crippen molar-refractivity contribution in [3.63, 3.8) is 0 Å². The molecule has 0 saturated heterocycles. The van der Waals surface area contributed by atoms with Crippen LogP contribution < -0.4 is 5.73 Å². The number of rotatable bonds is 0. The molecular formula is C7H6BrN3. The molecule has 0 aromatic carbocycles. The van der Waals surface area contributed by atoms with Gasteiger partial charge in [-0.1, -0.05) is 0 Å². The van der Waals surface area contributed by atoms with Gasteiger partial charge in [0.25, 0.3) is 0 Å². The minimum atomic E-state index is 0.567. The summed E-state index contributed by atoms with van der Waals surface area (Å²) >= 11 is 3.35. The van der Waals surface area contributed by atoms with E-state index in [1.807, 2.05) is 22.7 Å². The summed E-state index contributed by atoms with van der Waals surface area (Å²) in [5, 5.41) is 0. The molecule has 2 aromatic heterocycles. The summed E-state index contributed by atoms with van der Waals surface area (Å²) in [4.78, 5) is 3.96. The van der Waals surface area contributed by atoms with Crippen LogP contribution in [0, 0.1) is 0 Å². The fourth-order valence-corrected chi connectivity index (χ4v) is 1.35. The maximum absolute atomic E-state index is 5.58. The molecule has 0 unspecified atom stereocenters. The van der Waals surface area contributed by atoms with Gasteiger partial charge in [0, 0.05) is 10.7 Å². The number of imidazole rings is 1. The van der Waals surface area contributed by atoms with Crippen LogP contribution in [-0.4, -0.2) is 9.38 Å². The van der Waals surface area contributed by atoms with Crippen molar-refractivity contribution >= 4 is 27.3 Å². The summed E-state index contributed by atoms with van der Waals surface area (Å²) in [5.74, 6) is 0.567. The van der Waals surface area contributed by atoms with Crippen molar-refractivity contribution in [1.29, 1.82) is 0 Å². The molecular weight excluding hydrogens is 206 g/mol. The Morgan fingerprint density at radius 3 is 3.09 bits per heavy atom. The average molecular weight is 212 g/mol. The van der Waals surface area contributed by atoms with Gasteiger partial charge in [-0.05, 0) is 28.1 Å². The Balaban J connectivity index is 2.86. The van der Waals surface area contributed by atoms with Crippen LogP contribution in [0.5, 0.6) is 0 Å². The molecule has 2 N–H and O–H groups in total. The zero-order valence-electron chi connectivity index (χ0n) is 5.66. The third kappa shape index (κ3) is 0.991. The van der Waals surface area contributed by atoms with Gasteiger partial charge in [-0.3, -0.25) is 0 Å². The van der Waals surface area contributed by atoms with Gasteiger partial charge in [-0.2, -0.15) is 0 Å². The molecule has 0 fully saturated rings. The second-order valence-corrected chi connectivity index (χ2v) is 3.19. The van der Waals surface area contributed by atoms with Crippen molar-refractivity contribution in [2.24, 2.45) is 0 Å². The minimum absolute atomic E-state index is 0.567. The van der Waals surface area contributed by atoms with E-state index in [2.05, 4.69) is 20.9 Å². The number of fused-ring (bicyclic) bond motifs is 1. The monoisotopic (exact) mass is 211 g/mol. The smallest absolute Gasteiger partial charge is 0.149 e. The molecule has 0 spiro atoms. The van der Waals surface area contributed by atoms with E-state index in [4.69, 9.17) is 5.73 Å². The lowest BCUT2D eigenvalue weighted by Crippen LogP contribution is -1.85. The van der Waals surface area contributed by atoms with Gasteiger partial charge >= 0.3 is 0 Å². The maximum atomic E-state index is 5.58. The van der Waals surface area contributed by atoms with Gasteiger partial charge in [0.1, 0.15) is 12.1 Å². The molecule has 0 aliphatic rings. The van der Waals surface area contributed by atoms with E-state index in [9.17, 15) is 0 Å². The van der Waals surface area contributed by atoms with Gasteiger partial charge in [0.05, 0.1) is 5.52 Å². The van der Waals surface area contributed by atoms with Crippen LogP contribution >= 0.6 is 15.9 Å². The van der Waals surface area contributed by atoms with Crippen LogP contribution in [0.4, 0.5) is 5.82 Å². The number of aromatic nitrogens is 2. The van der Waals surface area contributed by atoms with Crippen molar-refractivity contribution in [3.8, 4) is 0 Å². The first-order valence-electron chi connectivity index (χ1n) is 3.15. The van der Waals surface area contributed by atoms with Crippen molar-refractivity contribution in [1.82, 2.24) is 9.38 Å². The molecule has 0 aliphatic heterocycles. The van der Waals surface area contributed by atoms with Crippen LogP contribution in [0.25, 0.3) is 5.52 Å². The molecule has 4 heteroatoms. The highest BCUT2D eigenvalue weighted by molar-refractivity contribution is 9.10. The summed E-state index contributed by atoms with van der Waals surface area (Å²) in [6, 6.07) is 3.86. The molecule has 3 nitrogen and oxygen atoms in total. The lowest BCUT2D eigenvalue weighted by Gasteiger charge is -1.93. The van der Waals surface area contributed by atoms with Crippen LogP contribution in [-0.2, 0) is 0 Å². The SMILES string of the molecule is Nc1ncn2cc(Br)ccc12. The number of nitrogens with two attached hydrogens (primary N) is 1. The minimum Gasteiger partial charge on any atom is -0.382 e. The van der Waals surface area contributed by atoms with E-state index in [0.29, 0.717) is 5.82 Å². The highest BCUT2D eigenvalue weighted by Crippen LogP contribution is 2.15. The number of anilines is 1. The summed E-state index contributed by atoms with van der Waals surface area (Å²) in [5.41, 5.74) is 6.52. The third-order valence-electron chi connectivity index (χ3n) is 1.52. The molecule has 0 amide bonds. The van der Waals surface area contributed by atoms with E-state index in [1.165, 1.54) is 0 Å². The Bertz CT molecular complexity index is 393. The molecule has 2 aromatic rings. The first-order chi connectivity index (χ1) is 5.27. The molecule has 2 rings (SSSR count). The molecule has 0 atom stereocenters. The predicted molar refractivity (Wildman–Crippen MR) is 47.3 cm³/mol. The number of pyridine rings is 1. The number of halogens is 1. The van der Waals surface area contributed by atoms with Gasteiger partial charge in [-0.25, -0.2) is 4.98 Å². The molecule has 2 heterocycles. The lowest BCUT2D eigenvalue weighted by atomic mass is 10.4. The zero-order chi connectivity index (χ0) is 7.84. The van der Waals surface area contributed by atoms with E-state index in [-0.39, 0.29) is 0 Å². The standard InChI is InChI=1S/C7H6BrN3/c8-5-1-2-6-7(9)10-4-11(6)3-5/h1-4H,9H2. The molecule has 0 bridgehead atoms. The average Bonchev–Trinajstić information content (AvgIpc) is 2.32. The molecule has 56 valence electrons. The summed E-state index contributed by atoms with van der Waals surface area (Å²) in [7, 11) is 0. The van der Waals surface area contributed by atoms with Gasteiger partial charge in [-0.15, -0.1) is 0 Å². The van der Waals surface area contributed by atoms with E-state index < -0.39 is 0 Å². The van der Waals surface area contributed by atoms with Crippen molar-refractivity contribution in [3.05, 3.63) is 29.1 Å². The molecule has 11 heavy (non-hydrogen) atoms. The van der Waals surface area contributed by atoms with Crippen LogP contribution in [0.15, 0.2) is 29.1 Å². The predicted octanol–water partition coefficient (Wildman–Crippen LogP) is 1.68. The summed E-state index contributed by atoms with van der Waals surface area (Å²) < 4.78 is 2.89. The Morgan fingerprint density at radius 1 is 1.45 bits per heavy atom. The quantitative estimate of drug-likeness (QED) is 0.721. The van der Waals surface area contributed by atoms with Crippen LogP contribution in [0.2, 0.25) is 0 Å². The fraction of sp³-hybridized carbons (Fsp3) is 0. The number of nitrogen functional groups attached to an aromatic ring is 1. The summed E-state index contributed by atoms with van der Waals surface area (Å²) in [6.45, 7) is 0. The number of nitrogens with zero attached hydrogens (tertiary/aromatic N) is 2.